The highest BCUT2D eigenvalue weighted by Gasteiger charge is 2.58. The monoisotopic (exact) mass is 320 g/mol. The number of aliphatic hydroxyl groups is 1. The van der Waals surface area contributed by atoms with Crippen molar-refractivity contribution in [1.29, 1.82) is 0 Å². The Morgan fingerprint density at radius 2 is 2.09 bits per heavy atom. The van der Waals surface area contributed by atoms with Gasteiger partial charge >= 0.3 is 0 Å². The van der Waals surface area contributed by atoms with E-state index < -0.39 is 17.8 Å². The number of phenols is 2. The first-order valence-corrected chi connectivity index (χ1v) is 7.46. The van der Waals surface area contributed by atoms with Gasteiger partial charge in [-0.15, -0.1) is 0 Å². The van der Waals surface area contributed by atoms with Crippen LogP contribution in [-0.2, 0) is 11.2 Å². The van der Waals surface area contributed by atoms with Gasteiger partial charge in [-0.25, -0.2) is 0 Å². The number of hydrogen-bond donors (Lipinski definition) is 3. The second kappa shape index (κ2) is 5.25. The number of ketones is 1. The highest BCUT2D eigenvalue weighted by Crippen LogP contribution is 2.47. The van der Waals surface area contributed by atoms with E-state index in [2.05, 4.69) is 0 Å². The van der Waals surface area contributed by atoms with Crippen LogP contribution in [0.25, 0.3) is 0 Å². The number of aromatic hydroxyl groups is 2. The van der Waals surface area contributed by atoms with Crippen LogP contribution in [0.1, 0.15) is 36.2 Å². The minimum absolute atomic E-state index is 0.0566. The Labute approximate surface area is 134 Å². The number of hydrogen-bond acceptors (Lipinski definition) is 6. The molecule has 1 aliphatic heterocycles. The van der Waals surface area contributed by atoms with Crippen molar-refractivity contribution in [3.63, 3.8) is 0 Å². The minimum Gasteiger partial charge on any atom is -0.507 e. The van der Waals surface area contributed by atoms with Crippen molar-refractivity contribution < 1.29 is 29.6 Å². The summed E-state index contributed by atoms with van der Waals surface area (Å²) in [6.07, 6.45) is 0.735. The number of fused-ring (bicyclic) bond motifs is 2. The summed E-state index contributed by atoms with van der Waals surface area (Å²) in [5.41, 5.74) is 0.357. The van der Waals surface area contributed by atoms with Crippen LogP contribution in [0.4, 0.5) is 0 Å². The molecule has 3 atom stereocenters. The van der Waals surface area contributed by atoms with E-state index >= 15 is 0 Å². The summed E-state index contributed by atoms with van der Waals surface area (Å²) in [5, 5.41) is 30.8. The van der Waals surface area contributed by atoms with Crippen LogP contribution in [0.3, 0.4) is 0 Å². The van der Waals surface area contributed by atoms with Crippen molar-refractivity contribution >= 4 is 5.78 Å². The molecule has 1 aromatic rings. The van der Waals surface area contributed by atoms with Crippen LogP contribution in [0, 0.1) is 0 Å². The zero-order valence-electron chi connectivity index (χ0n) is 13.3. The molecule has 0 saturated carbocycles. The topological polar surface area (TPSA) is 99.5 Å². The fourth-order valence-corrected chi connectivity index (χ4v) is 3.28. The Morgan fingerprint density at radius 3 is 2.74 bits per heavy atom. The van der Waals surface area contributed by atoms with Gasteiger partial charge in [-0.05, 0) is 20.3 Å². The summed E-state index contributed by atoms with van der Waals surface area (Å²) in [6, 6.07) is 1.23. The summed E-state index contributed by atoms with van der Waals surface area (Å²) in [4.78, 5) is 12.7. The molecule has 0 spiro atoms. The Morgan fingerprint density at radius 1 is 1.39 bits per heavy atom. The molecule has 0 amide bonds. The summed E-state index contributed by atoms with van der Waals surface area (Å²) in [6.45, 7) is 3.55. The Hall–Kier alpha value is -2.05. The predicted molar refractivity (Wildman–Crippen MR) is 82.0 cm³/mol. The Kier molecular flexibility index (Phi) is 3.61. The molecule has 6 nitrogen and oxygen atoms in total. The maximum absolute atomic E-state index is 12.7. The fraction of sp³-hybridized carbons (Fsp3) is 0.471. The number of phenolic OH excluding ortho intramolecular Hbond substituents is 2. The molecule has 23 heavy (non-hydrogen) atoms. The molecule has 124 valence electrons. The maximum atomic E-state index is 12.7. The highest BCUT2D eigenvalue weighted by atomic mass is 16.6. The molecule has 1 heterocycles. The summed E-state index contributed by atoms with van der Waals surface area (Å²) in [5.74, 6) is -0.718. The van der Waals surface area contributed by atoms with Gasteiger partial charge in [-0.3, -0.25) is 4.79 Å². The zero-order chi connectivity index (χ0) is 16.9. The number of benzene rings is 1. The quantitative estimate of drug-likeness (QED) is 0.414. The lowest BCUT2D eigenvalue weighted by Gasteiger charge is -2.18. The van der Waals surface area contributed by atoms with Gasteiger partial charge in [0.15, 0.2) is 23.4 Å². The molecule has 0 unspecified atom stereocenters. The highest BCUT2D eigenvalue weighted by molar-refractivity contribution is 6.06. The minimum atomic E-state index is -0.760. The maximum Gasteiger partial charge on any atom is 0.198 e. The predicted octanol–water partition coefficient (Wildman–Crippen LogP) is 1.70. The third kappa shape index (κ3) is 2.58. The van der Waals surface area contributed by atoms with E-state index in [0.29, 0.717) is 6.42 Å². The molecule has 1 aromatic carbocycles. The molecule has 0 bridgehead atoms. The molecule has 1 saturated heterocycles. The average Bonchev–Trinajstić information content (AvgIpc) is 3.12. The average molecular weight is 320 g/mol. The second-order valence-corrected chi connectivity index (χ2v) is 6.44. The number of rotatable bonds is 1. The SMILES string of the molecule is COc1cc(O)c2c(c1O)C/C(C)=C\[C@@H](O)C[C@@]1(C)O[C@@H]1C2=O. The zero-order valence-corrected chi connectivity index (χ0v) is 13.3. The lowest BCUT2D eigenvalue weighted by molar-refractivity contribution is 0.0949. The van der Waals surface area contributed by atoms with E-state index in [1.807, 2.05) is 0 Å². The smallest absolute Gasteiger partial charge is 0.198 e. The second-order valence-electron chi connectivity index (χ2n) is 6.44. The standard InChI is InChI=1S/C17H20O6/c1-8-4-9(18)7-17(2)16(23-17)15(21)13-10(5-8)14(20)12(22-3)6-11(13)19/h4,6,9,16,18-20H,5,7H2,1-3H3/b8-4-/t9-,16-,17-/m1/s1. The largest absolute Gasteiger partial charge is 0.507 e. The molecular weight excluding hydrogens is 300 g/mol. The summed E-state index contributed by atoms with van der Waals surface area (Å²) in [7, 11) is 1.37. The molecule has 1 aliphatic carbocycles. The lowest BCUT2D eigenvalue weighted by Crippen LogP contribution is -2.25. The lowest BCUT2D eigenvalue weighted by atomic mass is 9.87. The van der Waals surface area contributed by atoms with E-state index in [1.165, 1.54) is 13.2 Å². The van der Waals surface area contributed by atoms with E-state index in [4.69, 9.17) is 9.47 Å². The first-order valence-electron chi connectivity index (χ1n) is 7.46. The number of Topliss-reactive ketones (excluding diaryl/α,β-unsaturated/α-hetero) is 1. The van der Waals surface area contributed by atoms with Crippen molar-refractivity contribution in [2.24, 2.45) is 0 Å². The van der Waals surface area contributed by atoms with Crippen LogP contribution in [0.15, 0.2) is 17.7 Å². The van der Waals surface area contributed by atoms with Gasteiger partial charge in [0.05, 0.1) is 18.8 Å². The third-order valence-corrected chi connectivity index (χ3v) is 4.48. The van der Waals surface area contributed by atoms with Crippen molar-refractivity contribution in [3.05, 3.63) is 28.8 Å². The van der Waals surface area contributed by atoms with Gasteiger partial charge in [-0.2, -0.15) is 0 Å². The first kappa shape index (κ1) is 15.8. The van der Waals surface area contributed by atoms with Gasteiger partial charge in [0.2, 0.25) is 0 Å². The molecular formula is C17H20O6. The van der Waals surface area contributed by atoms with Gasteiger partial charge in [0.25, 0.3) is 0 Å². The number of carbonyl (C=O) groups is 1. The molecule has 2 aliphatic rings. The number of aliphatic hydroxyl groups excluding tert-OH is 1. The van der Waals surface area contributed by atoms with E-state index in [1.54, 1.807) is 19.9 Å². The number of ether oxygens (including phenoxy) is 2. The van der Waals surface area contributed by atoms with E-state index in [0.717, 1.165) is 5.57 Å². The van der Waals surface area contributed by atoms with E-state index in [9.17, 15) is 20.1 Å². The van der Waals surface area contributed by atoms with Crippen LogP contribution in [0.2, 0.25) is 0 Å². The summed E-state index contributed by atoms with van der Waals surface area (Å²) >= 11 is 0. The molecule has 1 fully saturated rings. The Balaban J connectivity index is 2.20. The third-order valence-electron chi connectivity index (χ3n) is 4.48. The first-order chi connectivity index (χ1) is 10.8. The van der Waals surface area contributed by atoms with Crippen molar-refractivity contribution in [2.45, 2.75) is 44.5 Å². The number of epoxide rings is 1. The molecule has 3 N–H and O–H groups in total. The van der Waals surface area contributed by atoms with E-state index in [-0.39, 0.29) is 40.6 Å². The van der Waals surface area contributed by atoms with Crippen molar-refractivity contribution in [2.75, 3.05) is 7.11 Å². The van der Waals surface area contributed by atoms with Crippen LogP contribution >= 0.6 is 0 Å². The van der Waals surface area contributed by atoms with Gasteiger partial charge < -0.3 is 24.8 Å². The normalized spacial score (nSPS) is 32.3. The molecule has 3 rings (SSSR count). The van der Waals surface area contributed by atoms with Gasteiger partial charge in [0.1, 0.15) is 11.4 Å². The fourth-order valence-electron chi connectivity index (χ4n) is 3.28. The van der Waals surface area contributed by atoms with Gasteiger partial charge in [0, 0.05) is 18.1 Å². The van der Waals surface area contributed by atoms with Crippen LogP contribution < -0.4 is 4.74 Å². The number of carbonyl (C=O) groups excluding carboxylic acids is 1. The van der Waals surface area contributed by atoms with Gasteiger partial charge in [-0.1, -0.05) is 11.6 Å². The van der Waals surface area contributed by atoms with Crippen molar-refractivity contribution in [3.8, 4) is 17.2 Å². The number of methoxy groups -OCH3 is 1. The number of allylic oxidation sites excluding steroid dienone is 1. The molecule has 6 heteroatoms. The van der Waals surface area contributed by atoms with Crippen LogP contribution in [-0.4, -0.2) is 46.0 Å². The Bertz CT molecular complexity index is 708. The molecule has 0 radical (unpaired) electrons. The van der Waals surface area contributed by atoms with Crippen LogP contribution in [0.5, 0.6) is 17.2 Å². The summed E-state index contributed by atoms with van der Waals surface area (Å²) < 4.78 is 10.5. The van der Waals surface area contributed by atoms with Crippen molar-refractivity contribution in [1.82, 2.24) is 0 Å². The molecule has 0 aromatic heterocycles.